The van der Waals surface area contributed by atoms with Gasteiger partial charge in [0.15, 0.2) is 16.9 Å². The lowest BCUT2D eigenvalue weighted by atomic mass is 9.43. The third kappa shape index (κ3) is 13.5. The van der Waals surface area contributed by atoms with Crippen LogP contribution in [0.25, 0.3) is 0 Å². The highest BCUT2D eigenvalue weighted by molar-refractivity contribution is 7.98. The maximum Gasteiger partial charge on any atom is 0.514 e. The number of urea groups is 1. The third-order valence-corrected chi connectivity index (χ3v) is 16.6. The van der Waals surface area contributed by atoms with Crippen molar-refractivity contribution in [2.45, 2.75) is 141 Å². The molecule has 3 N–H and O–H groups in total. The number of likely N-dealkylation sites (N-methyl/N-ethyl adjacent to an activating group) is 1. The van der Waals surface area contributed by atoms with Crippen molar-refractivity contribution in [3.05, 3.63) is 100 Å². The number of thiazole rings is 1. The number of hydrogen-bond donors (Lipinski definition) is 3. The largest absolute Gasteiger partial charge is 0.514 e. The number of thioether (sulfide) groups is 1. The van der Waals surface area contributed by atoms with Crippen molar-refractivity contribution in [3.8, 4) is 11.5 Å². The first-order valence-corrected chi connectivity index (χ1v) is 28.2. The summed E-state index contributed by atoms with van der Waals surface area (Å²) < 4.78 is 42.4. The summed E-state index contributed by atoms with van der Waals surface area (Å²) in [5.41, 5.74) is -1.10. The smallest absolute Gasteiger partial charge is 0.497 e. The maximum absolute atomic E-state index is 15.3. The zero-order chi connectivity index (χ0) is 57.2. The van der Waals surface area contributed by atoms with Gasteiger partial charge in [-0.3, -0.25) is 24.6 Å². The molecule has 6 atom stereocenters. The number of imide groups is 1. The Morgan fingerprint density at radius 2 is 1.59 bits per heavy atom. The minimum absolute atomic E-state index is 0.0177. The van der Waals surface area contributed by atoms with Crippen LogP contribution in [0.4, 0.5) is 19.5 Å². The van der Waals surface area contributed by atoms with Crippen molar-refractivity contribution in [1.82, 2.24) is 25.4 Å². The molecule has 3 aromatic carbocycles. The Labute approximate surface area is 468 Å². The number of nitrogens with zero attached hydrogens (tertiary/aromatic N) is 3. The van der Waals surface area contributed by atoms with Gasteiger partial charge in [0.2, 0.25) is 5.91 Å². The van der Waals surface area contributed by atoms with E-state index in [0.29, 0.717) is 28.7 Å². The quantitative estimate of drug-likeness (QED) is 0.0223. The second-order valence-electron chi connectivity index (χ2n) is 22.8. The molecule has 0 radical (unpaired) electrons. The summed E-state index contributed by atoms with van der Waals surface area (Å²) in [7, 11) is 0.411. The highest BCUT2D eigenvalue weighted by Gasteiger charge is 2.68. The van der Waals surface area contributed by atoms with E-state index in [0.717, 1.165) is 33.8 Å². The average molecular weight is 1130 g/mol. The number of ether oxygens (including phenoxy) is 5. The number of rotatable bonds is 17. The van der Waals surface area contributed by atoms with Crippen molar-refractivity contribution in [1.29, 1.82) is 0 Å². The van der Waals surface area contributed by atoms with Gasteiger partial charge in [0.1, 0.15) is 29.1 Å². The molecule has 422 valence electrons. The molecule has 79 heavy (non-hydrogen) atoms. The van der Waals surface area contributed by atoms with E-state index >= 15 is 4.79 Å². The van der Waals surface area contributed by atoms with Gasteiger partial charge in [-0.2, -0.15) is 0 Å². The monoisotopic (exact) mass is 1120 g/mol. The lowest BCUT2D eigenvalue weighted by Gasteiger charge is -2.64. The Kier molecular flexibility index (Phi) is 17.4. The number of piperazine rings is 1. The van der Waals surface area contributed by atoms with E-state index in [1.807, 2.05) is 49.4 Å². The average Bonchev–Trinajstić information content (AvgIpc) is 3.68. The van der Waals surface area contributed by atoms with Crippen LogP contribution in [0.5, 0.6) is 11.5 Å². The van der Waals surface area contributed by atoms with Crippen LogP contribution in [0.1, 0.15) is 121 Å². The Bertz CT molecular complexity index is 2950. The second kappa shape index (κ2) is 23.6. The fourth-order valence-corrected chi connectivity index (χ4v) is 12.2. The number of carbonyl (C=O) groups is 7. The van der Waals surface area contributed by atoms with Crippen LogP contribution in [0.2, 0.25) is 0 Å². The molecule has 3 heterocycles. The highest BCUT2D eigenvalue weighted by Crippen LogP contribution is 2.66. The van der Waals surface area contributed by atoms with Crippen LogP contribution in [0, 0.1) is 17.3 Å². The first kappa shape index (κ1) is 58.5. The van der Waals surface area contributed by atoms with Crippen molar-refractivity contribution < 1.29 is 66.6 Å². The number of anilines is 1. The van der Waals surface area contributed by atoms with Gasteiger partial charge in [0.25, 0.3) is 0 Å². The number of benzene rings is 3. The Hall–Kier alpha value is -6.69. The molecule has 9 rings (SSSR count). The summed E-state index contributed by atoms with van der Waals surface area (Å²) in [6, 6.07) is 17.1. The minimum Gasteiger partial charge on any atom is -0.497 e. The number of hydrogen-bond acceptors (Lipinski definition) is 17. The number of carbonyl (C=O) groups excluding carboxylic acids is 7. The highest BCUT2D eigenvalue weighted by atomic mass is 32.2. The van der Waals surface area contributed by atoms with Gasteiger partial charge in [-0.15, -0.1) is 23.1 Å². The van der Waals surface area contributed by atoms with Crippen molar-refractivity contribution in [3.63, 3.8) is 0 Å². The standard InChI is InChI=1S/C56H69BN6O14S2/c1-12-62-24-25-63(47(66)46(62)65)50(68)60-43(37-31-79-49(58-37)61-51(69)72-29-32-16-14-13-15-17-32)45(64)59-41(57-76-40-28-35-27-39(55(35,8)9)56(40,10)77-57)26-34-20-23-38(78-30-33-18-21-36(71-11)22-19-33)42(48(67)74-53(2,3)4)44(34)73-52(70)75-54(5,6)7/h13-23,31,35,39-41,43H,12,24-30H2,1-11H3,(H,59,64)(H,60,68)(H,58,61,69)/t35-,39-,40+,41-,43?,56-/m0/s1. The van der Waals surface area contributed by atoms with Crippen LogP contribution < -0.4 is 25.4 Å². The molecule has 4 aromatic rings. The second-order valence-corrected chi connectivity index (χ2v) is 24.7. The number of esters is 1. The molecule has 5 aliphatic rings. The van der Waals surface area contributed by atoms with Crippen LogP contribution in [-0.2, 0) is 56.7 Å². The Morgan fingerprint density at radius 3 is 2.25 bits per heavy atom. The van der Waals surface area contributed by atoms with Gasteiger partial charge in [0, 0.05) is 35.7 Å². The van der Waals surface area contributed by atoms with E-state index in [1.165, 1.54) is 22.0 Å². The van der Waals surface area contributed by atoms with E-state index in [1.54, 1.807) is 79.8 Å². The number of amides is 6. The maximum atomic E-state index is 15.3. The topological polar surface area (TPSA) is 240 Å². The lowest BCUT2D eigenvalue weighted by molar-refractivity contribution is -0.199. The van der Waals surface area contributed by atoms with Gasteiger partial charge in [-0.05, 0) is 127 Å². The van der Waals surface area contributed by atoms with Gasteiger partial charge >= 0.3 is 43.2 Å². The van der Waals surface area contributed by atoms with Crippen molar-refractivity contribution >= 4 is 77.3 Å². The summed E-state index contributed by atoms with van der Waals surface area (Å²) in [5, 5.41) is 9.73. The fraction of sp³-hybridized carbons (Fsp3) is 0.500. The molecule has 23 heteroatoms. The lowest BCUT2D eigenvalue weighted by Crippen LogP contribution is -2.65. The van der Waals surface area contributed by atoms with E-state index in [-0.39, 0.29) is 77.8 Å². The van der Waals surface area contributed by atoms with Crippen LogP contribution >= 0.6 is 23.1 Å². The van der Waals surface area contributed by atoms with Crippen LogP contribution in [0.3, 0.4) is 0 Å². The summed E-state index contributed by atoms with van der Waals surface area (Å²) in [6.07, 6.45) is -0.936. The number of aromatic nitrogens is 1. The molecule has 20 nitrogen and oxygen atoms in total. The Balaban J connectivity index is 1.18. The molecule has 0 spiro atoms. The summed E-state index contributed by atoms with van der Waals surface area (Å²) in [5.74, 6) is -3.48. The van der Waals surface area contributed by atoms with E-state index < -0.39 is 77.9 Å². The molecule has 3 aliphatic carbocycles. The summed E-state index contributed by atoms with van der Waals surface area (Å²) in [6.45, 7) is 18.4. The van der Waals surface area contributed by atoms with Crippen molar-refractivity contribution in [2.75, 3.05) is 32.1 Å². The molecule has 1 aromatic heterocycles. The van der Waals surface area contributed by atoms with E-state index in [4.69, 9.17) is 33.0 Å². The summed E-state index contributed by atoms with van der Waals surface area (Å²) >= 11 is 2.25. The molecule has 1 unspecified atom stereocenters. The SMILES string of the molecule is CCN1CCN(C(=O)NC(C(=O)N[C@@H](Cc2ccc(SCc3ccc(OC)cc3)c(C(=O)OC(C)(C)C)c2OC(=O)OC(C)(C)C)B2O[C@@H]3C[C@@H]4C[C@@H](C4(C)C)[C@]3(C)O2)c2csc(NC(=O)OCc3ccccc3)n2)C(=O)C1=O. The van der Waals surface area contributed by atoms with Crippen molar-refractivity contribution in [2.24, 2.45) is 17.3 Å². The molecule has 2 aliphatic heterocycles. The first-order valence-electron chi connectivity index (χ1n) is 26.3. The van der Waals surface area contributed by atoms with Crippen LogP contribution in [-0.4, -0.2) is 119 Å². The van der Waals surface area contributed by atoms with Gasteiger partial charge in [0.05, 0.1) is 30.4 Å². The summed E-state index contributed by atoms with van der Waals surface area (Å²) in [4.78, 5) is 104. The Morgan fingerprint density at radius 1 is 0.886 bits per heavy atom. The number of methoxy groups -OCH3 is 1. The molecule has 3 saturated carbocycles. The minimum atomic E-state index is -1.67. The van der Waals surface area contributed by atoms with E-state index in [9.17, 15) is 28.8 Å². The van der Waals surface area contributed by atoms with Gasteiger partial charge < -0.3 is 48.5 Å². The molecule has 2 bridgehead atoms. The van der Waals surface area contributed by atoms with Gasteiger partial charge in [-0.25, -0.2) is 24.2 Å². The fourth-order valence-electron chi connectivity index (χ4n) is 10.5. The third-order valence-electron chi connectivity index (χ3n) is 14.7. The first-order chi connectivity index (χ1) is 37.3. The van der Waals surface area contributed by atoms with E-state index in [2.05, 4.69) is 34.8 Å². The molecular formula is C56H69BN6O14S2. The molecule has 6 amide bonds. The molecular weight excluding hydrogens is 1060 g/mol. The van der Waals surface area contributed by atoms with Crippen LogP contribution in [0.15, 0.2) is 77.0 Å². The molecule has 5 fully saturated rings. The predicted octanol–water partition coefficient (Wildman–Crippen LogP) is 8.90. The van der Waals surface area contributed by atoms with Gasteiger partial charge in [-0.1, -0.05) is 62.4 Å². The number of nitrogens with one attached hydrogen (secondary N) is 3. The normalized spacial score (nSPS) is 21.2. The molecule has 2 saturated heterocycles. The predicted molar refractivity (Wildman–Crippen MR) is 294 cm³/mol. The zero-order valence-electron chi connectivity index (χ0n) is 46.4. The zero-order valence-corrected chi connectivity index (χ0v) is 48.1.